The summed E-state index contributed by atoms with van der Waals surface area (Å²) in [5, 5.41) is 8.61. The number of amidine groups is 1. The number of nitrogens with one attached hydrogen (secondary N) is 2. The SMILES string of the molecule is CCc1cc2c(s1)Nc1ccc(C)cc1N=C2N1CCN[C@@H](CCc2ccc(OC)cc2)C1. The van der Waals surface area contributed by atoms with Gasteiger partial charge in [-0.15, -0.1) is 11.3 Å². The smallest absolute Gasteiger partial charge is 0.139 e. The first-order valence-corrected chi connectivity index (χ1v) is 12.7. The second-order valence-corrected chi connectivity index (χ2v) is 10.0. The number of nitrogens with zero attached hydrogens (tertiary/aromatic N) is 2. The number of aryl methyl sites for hydroxylation is 3. The summed E-state index contributed by atoms with van der Waals surface area (Å²) in [5.41, 5.74) is 5.94. The highest BCUT2D eigenvalue weighted by atomic mass is 32.1. The largest absolute Gasteiger partial charge is 0.497 e. The van der Waals surface area contributed by atoms with Crippen molar-refractivity contribution in [2.45, 2.75) is 39.2 Å². The summed E-state index contributed by atoms with van der Waals surface area (Å²) < 4.78 is 5.29. The van der Waals surface area contributed by atoms with Crippen LogP contribution in [-0.2, 0) is 12.8 Å². The number of rotatable bonds is 5. The van der Waals surface area contributed by atoms with E-state index in [2.05, 4.69) is 65.8 Å². The third-order valence-corrected chi connectivity index (χ3v) is 7.69. The van der Waals surface area contributed by atoms with Crippen LogP contribution in [0.5, 0.6) is 5.75 Å². The molecule has 1 saturated heterocycles. The minimum absolute atomic E-state index is 0.435. The van der Waals surface area contributed by atoms with Gasteiger partial charge in [-0.25, -0.2) is 4.99 Å². The zero-order chi connectivity index (χ0) is 22.8. The zero-order valence-electron chi connectivity index (χ0n) is 19.6. The van der Waals surface area contributed by atoms with Gasteiger partial charge in [-0.05, 0) is 67.6 Å². The average Bonchev–Trinajstić information content (AvgIpc) is 3.19. The molecule has 1 atom stereocenters. The van der Waals surface area contributed by atoms with Gasteiger partial charge in [0.15, 0.2) is 0 Å². The van der Waals surface area contributed by atoms with Crippen molar-refractivity contribution in [2.24, 2.45) is 4.99 Å². The van der Waals surface area contributed by atoms with Gasteiger partial charge in [-0.3, -0.25) is 0 Å². The lowest BCUT2D eigenvalue weighted by Crippen LogP contribution is -2.52. The molecule has 3 heterocycles. The molecule has 0 amide bonds. The van der Waals surface area contributed by atoms with E-state index in [-0.39, 0.29) is 0 Å². The van der Waals surface area contributed by atoms with Gasteiger partial charge in [0, 0.05) is 30.6 Å². The number of piperazine rings is 1. The van der Waals surface area contributed by atoms with Gasteiger partial charge in [-0.2, -0.15) is 0 Å². The van der Waals surface area contributed by atoms with Crippen LogP contribution in [0.25, 0.3) is 0 Å². The quantitative estimate of drug-likeness (QED) is 0.515. The second-order valence-electron chi connectivity index (χ2n) is 8.87. The number of anilines is 2. The molecule has 0 spiro atoms. The number of hydrogen-bond donors (Lipinski definition) is 2. The van der Waals surface area contributed by atoms with Crippen LogP contribution in [-0.4, -0.2) is 43.5 Å². The molecule has 0 radical (unpaired) electrons. The Labute approximate surface area is 200 Å². The van der Waals surface area contributed by atoms with Gasteiger partial charge in [0.05, 0.1) is 24.0 Å². The van der Waals surface area contributed by atoms with Crippen LogP contribution in [0.4, 0.5) is 16.4 Å². The molecule has 5 nitrogen and oxygen atoms in total. The van der Waals surface area contributed by atoms with Crippen molar-refractivity contribution in [2.75, 3.05) is 32.1 Å². The maximum Gasteiger partial charge on any atom is 0.139 e. The highest BCUT2D eigenvalue weighted by molar-refractivity contribution is 7.16. The van der Waals surface area contributed by atoms with Crippen LogP contribution in [0, 0.1) is 6.92 Å². The van der Waals surface area contributed by atoms with Crippen molar-refractivity contribution in [3.63, 3.8) is 0 Å². The number of aliphatic imine (C=N–C) groups is 1. The predicted octanol–water partition coefficient (Wildman–Crippen LogP) is 5.67. The Morgan fingerprint density at radius 3 is 2.79 bits per heavy atom. The van der Waals surface area contributed by atoms with Crippen LogP contribution in [0.2, 0.25) is 0 Å². The number of hydrogen-bond acceptors (Lipinski definition) is 6. The number of ether oxygens (including phenoxy) is 1. The minimum Gasteiger partial charge on any atom is -0.497 e. The number of fused-ring (bicyclic) bond motifs is 2. The average molecular weight is 461 g/mol. The molecule has 0 aliphatic carbocycles. The fourth-order valence-electron chi connectivity index (χ4n) is 4.60. The molecule has 172 valence electrons. The molecule has 33 heavy (non-hydrogen) atoms. The van der Waals surface area contributed by atoms with E-state index in [0.29, 0.717) is 6.04 Å². The standard InChI is InChI=1S/C27H32N4OS/c1-4-22-16-23-26(29-25-15-18(2)5-12-24(25)30-27(23)33-22)31-14-13-28-20(17-31)9-6-19-7-10-21(32-3)11-8-19/h5,7-8,10-12,15-16,20,28,30H,4,6,9,13-14,17H2,1-3H3/t20-/m0/s1. The van der Waals surface area contributed by atoms with Gasteiger partial charge in [0.25, 0.3) is 0 Å². The summed E-state index contributed by atoms with van der Waals surface area (Å²) >= 11 is 1.85. The van der Waals surface area contributed by atoms with E-state index >= 15 is 0 Å². The van der Waals surface area contributed by atoms with E-state index in [1.54, 1.807) is 7.11 Å². The lowest BCUT2D eigenvalue weighted by atomic mass is 10.0. The van der Waals surface area contributed by atoms with Crippen LogP contribution in [0.15, 0.2) is 53.5 Å². The van der Waals surface area contributed by atoms with E-state index in [0.717, 1.165) is 61.9 Å². The third-order valence-electron chi connectivity index (χ3n) is 6.50. The minimum atomic E-state index is 0.435. The van der Waals surface area contributed by atoms with Crippen molar-refractivity contribution >= 4 is 33.5 Å². The molecule has 6 heteroatoms. The Morgan fingerprint density at radius 1 is 1.15 bits per heavy atom. The molecule has 0 bridgehead atoms. The Bertz CT molecular complexity index is 1150. The topological polar surface area (TPSA) is 48.9 Å². The van der Waals surface area contributed by atoms with Gasteiger partial charge < -0.3 is 20.3 Å². The lowest BCUT2D eigenvalue weighted by Gasteiger charge is -2.36. The summed E-state index contributed by atoms with van der Waals surface area (Å²) in [6.07, 6.45) is 3.19. The maximum atomic E-state index is 5.29. The first-order chi connectivity index (χ1) is 16.1. The fourth-order valence-corrected chi connectivity index (χ4v) is 5.60. The highest BCUT2D eigenvalue weighted by Crippen LogP contribution is 2.40. The second kappa shape index (κ2) is 9.57. The van der Waals surface area contributed by atoms with Crippen molar-refractivity contribution < 1.29 is 4.74 Å². The number of thiophene rings is 1. The van der Waals surface area contributed by atoms with Gasteiger partial charge in [0.1, 0.15) is 16.6 Å². The van der Waals surface area contributed by atoms with E-state index in [4.69, 9.17) is 9.73 Å². The van der Waals surface area contributed by atoms with E-state index in [9.17, 15) is 0 Å². The zero-order valence-corrected chi connectivity index (χ0v) is 20.5. The Balaban J connectivity index is 1.38. The van der Waals surface area contributed by atoms with Crippen LogP contribution >= 0.6 is 11.3 Å². The lowest BCUT2D eigenvalue weighted by molar-refractivity contribution is 0.282. The van der Waals surface area contributed by atoms with E-state index in [1.165, 1.54) is 26.6 Å². The number of benzene rings is 2. The Hall–Kier alpha value is -2.83. The van der Waals surface area contributed by atoms with Crippen LogP contribution in [0.3, 0.4) is 0 Å². The first kappa shape index (κ1) is 22.0. The third kappa shape index (κ3) is 4.77. The first-order valence-electron chi connectivity index (χ1n) is 11.8. The molecule has 0 saturated carbocycles. The van der Waals surface area contributed by atoms with Crippen molar-refractivity contribution in [3.8, 4) is 5.75 Å². The summed E-state index contributed by atoms with van der Waals surface area (Å²) in [5.74, 6) is 2.02. The normalized spacial score (nSPS) is 17.5. The van der Waals surface area contributed by atoms with E-state index in [1.807, 2.05) is 23.5 Å². The van der Waals surface area contributed by atoms with Gasteiger partial charge >= 0.3 is 0 Å². The van der Waals surface area contributed by atoms with Gasteiger partial charge in [-0.1, -0.05) is 25.1 Å². The molecular formula is C27H32N4OS. The summed E-state index contributed by atoms with van der Waals surface area (Å²) in [6.45, 7) is 7.26. The van der Waals surface area contributed by atoms with Crippen molar-refractivity contribution in [3.05, 3.63) is 70.1 Å². The highest BCUT2D eigenvalue weighted by Gasteiger charge is 2.27. The Kier molecular flexibility index (Phi) is 6.38. The summed E-state index contributed by atoms with van der Waals surface area (Å²) in [7, 11) is 1.71. The van der Waals surface area contributed by atoms with Crippen molar-refractivity contribution in [1.82, 2.24) is 10.2 Å². The Morgan fingerprint density at radius 2 is 2.00 bits per heavy atom. The monoisotopic (exact) mass is 460 g/mol. The van der Waals surface area contributed by atoms with Gasteiger partial charge in [0.2, 0.25) is 0 Å². The van der Waals surface area contributed by atoms with Crippen LogP contribution < -0.4 is 15.4 Å². The molecule has 2 aliphatic rings. The molecule has 2 aliphatic heterocycles. The summed E-state index contributed by atoms with van der Waals surface area (Å²) in [6, 6.07) is 17.7. The number of methoxy groups -OCH3 is 1. The molecule has 2 N–H and O–H groups in total. The maximum absolute atomic E-state index is 5.29. The molecular weight excluding hydrogens is 428 g/mol. The van der Waals surface area contributed by atoms with E-state index < -0.39 is 0 Å². The molecule has 3 aromatic rings. The molecule has 2 aromatic carbocycles. The molecule has 5 rings (SSSR count). The van der Waals surface area contributed by atoms with Crippen LogP contribution in [0.1, 0.15) is 34.9 Å². The van der Waals surface area contributed by atoms with Crippen molar-refractivity contribution in [1.29, 1.82) is 0 Å². The summed E-state index contributed by atoms with van der Waals surface area (Å²) in [4.78, 5) is 9.11. The molecule has 1 fully saturated rings. The predicted molar refractivity (Wildman–Crippen MR) is 139 cm³/mol. The molecule has 0 unspecified atom stereocenters. The molecule has 1 aromatic heterocycles. The fraction of sp³-hybridized carbons (Fsp3) is 0.370.